The molecule has 0 aromatic carbocycles. The molecule has 0 saturated carbocycles. The number of alkyl halides is 1. The molecule has 0 N–H and O–H groups in total. The van der Waals surface area contributed by atoms with Gasteiger partial charge in [0.25, 0.3) is 0 Å². The number of amides is 1. The maximum atomic E-state index is 13.0. The molecule has 2 aliphatic heterocycles. The lowest BCUT2D eigenvalue weighted by molar-refractivity contribution is -0.142. The summed E-state index contributed by atoms with van der Waals surface area (Å²) in [6, 6.07) is 0. The predicted octanol–water partition coefficient (Wildman–Crippen LogP) is 0.376. The van der Waals surface area contributed by atoms with Crippen molar-refractivity contribution in [2.75, 3.05) is 11.5 Å². The van der Waals surface area contributed by atoms with Crippen LogP contribution in [0.3, 0.4) is 0 Å². The van der Waals surface area contributed by atoms with Gasteiger partial charge in [0.15, 0.2) is 21.0 Å². The van der Waals surface area contributed by atoms with Crippen LogP contribution in [0.2, 0.25) is 0 Å². The monoisotopic (exact) mass is 419 g/mol. The molecule has 1 aromatic rings. The van der Waals surface area contributed by atoms with Crippen LogP contribution in [0.5, 0.6) is 0 Å². The van der Waals surface area contributed by atoms with Crippen molar-refractivity contribution < 1.29 is 18.0 Å². The maximum absolute atomic E-state index is 13.0. The highest BCUT2D eigenvalue weighted by Gasteiger charge is 2.59. The van der Waals surface area contributed by atoms with Gasteiger partial charge in [0, 0.05) is 18.2 Å². The Morgan fingerprint density at radius 2 is 2.04 bits per heavy atom. The molecule has 3 heterocycles. The van der Waals surface area contributed by atoms with Crippen molar-refractivity contribution >= 4 is 44.9 Å². The third kappa shape index (κ3) is 3.05. The van der Waals surface area contributed by atoms with Gasteiger partial charge in [-0.1, -0.05) is 32.5 Å². The molecule has 0 radical (unpaired) electrons. The van der Waals surface area contributed by atoms with Gasteiger partial charge in [0.1, 0.15) is 5.38 Å². The highest BCUT2D eigenvalue weighted by molar-refractivity contribution is 7.99. The summed E-state index contributed by atoms with van der Waals surface area (Å²) in [5.41, 5.74) is -0.270. The number of ketones is 1. The third-order valence-electron chi connectivity index (χ3n) is 4.15. The van der Waals surface area contributed by atoms with Crippen LogP contribution in [0.4, 0.5) is 0 Å². The Kier molecular flexibility index (Phi) is 4.68. The number of aromatic nitrogens is 4. The zero-order chi connectivity index (χ0) is 19.4. The number of nitrogens with zero attached hydrogens (tertiary/aromatic N) is 5. The largest absolute Gasteiger partial charge is 0.292 e. The molecular weight excluding hydrogens is 402 g/mol. The number of thioether (sulfide) groups is 1. The lowest BCUT2D eigenvalue weighted by Crippen LogP contribution is -2.68. The van der Waals surface area contributed by atoms with E-state index in [1.54, 1.807) is 27.8 Å². The highest BCUT2D eigenvalue weighted by Crippen LogP contribution is 2.42. The number of carbonyl (C=O) groups excluding carboxylic acids is 2. The van der Waals surface area contributed by atoms with E-state index in [2.05, 4.69) is 15.5 Å². The minimum Gasteiger partial charge on any atom is -0.292 e. The smallest absolute Gasteiger partial charge is 0.249 e. The topological polar surface area (TPSA) is 115 Å². The number of hydrogen-bond donors (Lipinski definition) is 0. The van der Waals surface area contributed by atoms with E-state index in [-0.39, 0.29) is 23.0 Å². The second-order valence-corrected chi connectivity index (χ2v) is 10.7. The SMILES string of the molecule is Cn1nnnc1SCC1=C(C(=O)C(C)(C)C)N2C(=O)[C@H](Cl)C2S(=O)(=O)C1. The Labute approximate surface area is 160 Å². The summed E-state index contributed by atoms with van der Waals surface area (Å²) >= 11 is 7.13. The van der Waals surface area contributed by atoms with E-state index in [0.717, 1.165) is 4.90 Å². The van der Waals surface area contributed by atoms with Gasteiger partial charge in [-0.15, -0.1) is 16.7 Å². The van der Waals surface area contributed by atoms with Crippen LogP contribution in [-0.2, 0) is 26.5 Å². The van der Waals surface area contributed by atoms with Crippen molar-refractivity contribution in [3.8, 4) is 0 Å². The van der Waals surface area contributed by atoms with Gasteiger partial charge in [-0.25, -0.2) is 13.1 Å². The zero-order valence-electron chi connectivity index (χ0n) is 14.6. The van der Waals surface area contributed by atoms with Gasteiger partial charge >= 0.3 is 0 Å². The van der Waals surface area contributed by atoms with Crippen LogP contribution < -0.4 is 0 Å². The van der Waals surface area contributed by atoms with E-state index < -0.39 is 31.9 Å². The molecule has 12 heteroatoms. The Hall–Kier alpha value is -1.46. The molecule has 9 nitrogen and oxygen atoms in total. The second-order valence-electron chi connectivity index (χ2n) is 7.21. The van der Waals surface area contributed by atoms with Crippen molar-refractivity contribution in [2.24, 2.45) is 12.5 Å². The summed E-state index contributed by atoms with van der Waals surface area (Å²) in [4.78, 5) is 26.3. The van der Waals surface area contributed by atoms with Gasteiger partial charge in [-0.2, -0.15) is 0 Å². The lowest BCUT2D eigenvalue weighted by atomic mass is 9.86. The molecular formula is C14H18ClN5O4S2. The fraction of sp³-hybridized carbons (Fsp3) is 0.643. The Morgan fingerprint density at radius 3 is 2.58 bits per heavy atom. The van der Waals surface area contributed by atoms with Crippen molar-refractivity contribution in [1.29, 1.82) is 0 Å². The number of allylic oxidation sites excluding steroid dienone is 1. The van der Waals surface area contributed by atoms with Crippen LogP contribution in [0.1, 0.15) is 20.8 Å². The molecule has 0 aliphatic carbocycles. The molecule has 142 valence electrons. The van der Waals surface area contributed by atoms with E-state index in [4.69, 9.17) is 11.6 Å². The third-order valence-corrected chi connectivity index (χ3v) is 7.79. The normalized spacial score (nSPS) is 25.1. The number of tetrazole rings is 1. The summed E-state index contributed by atoms with van der Waals surface area (Å²) in [6.45, 7) is 5.17. The van der Waals surface area contributed by atoms with Gasteiger partial charge in [-0.05, 0) is 16.0 Å². The highest BCUT2D eigenvalue weighted by atomic mass is 35.5. The summed E-state index contributed by atoms with van der Waals surface area (Å²) < 4.78 is 26.6. The molecule has 1 fully saturated rings. The molecule has 1 amide bonds. The molecule has 0 bridgehead atoms. The molecule has 1 saturated heterocycles. The quantitative estimate of drug-likeness (QED) is 0.390. The van der Waals surface area contributed by atoms with E-state index in [0.29, 0.717) is 10.7 Å². The van der Waals surface area contributed by atoms with Gasteiger partial charge in [-0.3, -0.25) is 14.5 Å². The van der Waals surface area contributed by atoms with Crippen LogP contribution in [0.25, 0.3) is 0 Å². The standard InChI is InChI=1S/C14H18ClN5O4S2/c1-14(2,3)10(21)9-7(5-25-13-16-17-18-19(13)4)6-26(23,24)12-8(15)11(22)20(9)12/h8,12H,5-6H2,1-4H3/t8-,12?/m0/s1. The first-order chi connectivity index (χ1) is 11.9. The van der Waals surface area contributed by atoms with Crippen LogP contribution in [-0.4, -0.2) is 67.5 Å². The van der Waals surface area contributed by atoms with E-state index in [1.807, 2.05) is 0 Å². The molecule has 2 atom stereocenters. The number of rotatable bonds is 4. The first-order valence-corrected chi connectivity index (χ1v) is 10.9. The Balaban J connectivity index is 2.04. The minimum absolute atomic E-state index is 0.141. The van der Waals surface area contributed by atoms with Crippen molar-refractivity contribution in [3.63, 3.8) is 0 Å². The fourth-order valence-electron chi connectivity index (χ4n) is 2.81. The molecule has 2 aliphatic rings. The molecule has 26 heavy (non-hydrogen) atoms. The molecule has 3 rings (SSSR count). The van der Waals surface area contributed by atoms with E-state index in [9.17, 15) is 18.0 Å². The van der Waals surface area contributed by atoms with Crippen molar-refractivity contribution in [3.05, 3.63) is 11.3 Å². The maximum Gasteiger partial charge on any atom is 0.249 e. The van der Waals surface area contributed by atoms with Crippen LogP contribution >= 0.6 is 23.4 Å². The predicted molar refractivity (Wildman–Crippen MR) is 95.1 cm³/mol. The van der Waals surface area contributed by atoms with Crippen molar-refractivity contribution in [1.82, 2.24) is 25.1 Å². The Morgan fingerprint density at radius 1 is 1.38 bits per heavy atom. The van der Waals surface area contributed by atoms with Gasteiger partial charge < -0.3 is 0 Å². The van der Waals surface area contributed by atoms with E-state index >= 15 is 0 Å². The summed E-state index contributed by atoms with van der Waals surface area (Å²) in [6.07, 6.45) is 0. The summed E-state index contributed by atoms with van der Waals surface area (Å²) in [7, 11) is -2.02. The lowest BCUT2D eigenvalue weighted by Gasteiger charge is -2.48. The Bertz CT molecular complexity index is 918. The first-order valence-electron chi connectivity index (χ1n) is 7.76. The average molecular weight is 420 g/mol. The molecule has 1 aromatic heterocycles. The number of halogens is 1. The number of aryl methyl sites for hydroxylation is 1. The summed E-state index contributed by atoms with van der Waals surface area (Å²) in [5.74, 6) is -0.995. The van der Waals surface area contributed by atoms with Gasteiger partial charge in [0.2, 0.25) is 11.1 Å². The number of hydrogen-bond acceptors (Lipinski definition) is 8. The first kappa shape index (κ1) is 19.3. The number of β-lactam (4-membered cyclic amide) rings is 1. The number of sulfone groups is 1. The fourth-order valence-corrected chi connectivity index (χ4v) is 6.39. The zero-order valence-corrected chi connectivity index (χ0v) is 17.0. The minimum atomic E-state index is -3.68. The average Bonchev–Trinajstić information content (AvgIpc) is 2.94. The van der Waals surface area contributed by atoms with Crippen molar-refractivity contribution in [2.45, 2.75) is 36.7 Å². The molecule has 1 unspecified atom stereocenters. The number of fused-ring (bicyclic) bond motifs is 1. The van der Waals surface area contributed by atoms with E-state index in [1.165, 1.54) is 16.4 Å². The number of carbonyl (C=O) groups is 2. The second kappa shape index (κ2) is 6.31. The summed E-state index contributed by atoms with van der Waals surface area (Å²) in [5, 5.41) is 9.22. The molecule has 0 spiro atoms. The van der Waals surface area contributed by atoms with Crippen LogP contribution in [0, 0.1) is 5.41 Å². The van der Waals surface area contributed by atoms with Gasteiger partial charge in [0.05, 0.1) is 11.4 Å². The number of Topliss-reactive ketones (excluding diaryl/α,β-unsaturated/α-hetero) is 1. The van der Waals surface area contributed by atoms with Crippen LogP contribution in [0.15, 0.2) is 16.4 Å².